The fraction of sp³-hybridized carbons (Fsp3) is 0.600. The first kappa shape index (κ1) is 12.4. The fourth-order valence-electron chi connectivity index (χ4n) is 2.92. The van der Waals surface area contributed by atoms with Gasteiger partial charge in [-0.05, 0) is 32.3 Å². The van der Waals surface area contributed by atoms with E-state index in [2.05, 4.69) is 45.9 Å². The van der Waals surface area contributed by atoms with Gasteiger partial charge in [-0.1, -0.05) is 31.5 Å². The Morgan fingerprint density at radius 2 is 2.18 bits per heavy atom. The Bertz CT molecular complexity index is 413. The standard InChI is InChI=1S/C15H23NO/c1-10(2)8-15(4)9-13(16)12-7-11(3)5-6-14(12)17-15/h5-7,10,13H,8-9,16H2,1-4H3/t13-,15?/m0/s1. The van der Waals surface area contributed by atoms with Gasteiger partial charge in [0, 0.05) is 18.0 Å². The first-order valence-electron chi connectivity index (χ1n) is 6.45. The van der Waals surface area contributed by atoms with E-state index in [1.165, 1.54) is 5.56 Å². The molecule has 1 aliphatic rings. The quantitative estimate of drug-likeness (QED) is 0.847. The summed E-state index contributed by atoms with van der Waals surface area (Å²) in [7, 11) is 0. The van der Waals surface area contributed by atoms with E-state index in [-0.39, 0.29) is 11.6 Å². The van der Waals surface area contributed by atoms with Gasteiger partial charge in [0.2, 0.25) is 0 Å². The van der Waals surface area contributed by atoms with E-state index in [0.29, 0.717) is 5.92 Å². The molecule has 2 rings (SSSR count). The maximum atomic E-state index is 6.29. The molecule has 1 heterocycles. The van der Waals surface area contributed by atoms with Crippen LogP contribution < -0.4 is 10.5 Å². The van der Waals surface area contributed by atoms with Crippen LogP contribution in [0.1, 0.15) is 50.8 Å². The Balaban J connectivity index is 2.30. The van der Waals surface area contributed by atoms with Gasteiger partial charge >= 0.3 is 0 Å². The number of rotatable bonds is 2. The molecule has 0 amide bonds. The smallest absolute Gasteiger partial charge is 0.124 e. The van der Waals surface area contributed by atoms with Crippen LogP contribution >= 0.6 is 0 Å². The van der Waals surface area contributed by atoms with Crippen molar-refractivity contribution >= 4 is 0 Å². The van der Waals surface area contributed by atoms with Crippen LogP contribution in [0, 0.1) is 12.8 Å². The second-order valence-corrected chi connectivity index (χ2v) is 6.00. The Kier molecular flexibility index (Phi) is 3.17. The Morgan fingerprint density at radius 3 is 2.82 bits per heavy atom. The predicted molar refractivity (Wildman–Crippen MR) is 71.2 cm³/mol. The third-order valence-corrected chi connectivity index (χ3v) is 3.41. The number of hydrogen-bond donors (Lipinski definition) is 1. The van der Waals surface area contributed by atoms with Gasteiger partial charge in [-0.2, -0.15) is 0 Å². The average Bonchev–Trinajstić information content (AvgIpc) is 2.17. The topological polar surface area (TPSA) is 35.2 Å². The van der Waals surface area contributed by atoms with Gasteiger partial charge in [-0.3, -0.25) is 0 Å². The lowest BCUT2D eigenvalue weighted by Gasteiger charge is -2.40. The van der Waals surface area contributed by atoms with E-state index < -0.39 is 0 Å². The van der Waals surface area contributed by atoms with Gasteiger partial charge in [-0.15, -0.1) is 0 Å². The molecule has 2 atom stereocenters. The van der Waals surface area contributed by atoms with Crippen molar-refractivity contribution in [3.8, 4) is 5.75 Å². The molecule has 1 aliphatic heterocycles. The minimum Gasteiger partial charge on any atom is -0.487 e. The van der Waals surface area contributed by atoms with Gasteiger partial charge < -0.3 is 10.5 Å². The lowest BCUT2D eigenvalue weighted by Crippen LogP contribution is -2.41. The van der Waals surface area contributed by atoms with Crippen LogP contribution in [0.15, 0.2) is 18.2 Å². The molecule has 1 aromatic rings. The summed E-state index contributed by atoms with van der Waals surface area (Å²) in [5.41, 5.74) is 8.58. The van der Waals surface area contributed by atoms with Crippen molar-refractivity contribution in [1.29, 1.82) is 0 Å². The van der Waals surface area contributed by atoms with Gasteiger partial charge in [0.25, 0.3) is 0 Å². The molecule has 0 fully saturated rings. The van der Waals surface area contributed by atoms with Gasteiger partial charge in [0.1, 0.15) is 11.4 Å². The molecule has 2 heteroatoms. The van der Waals surface area contributed by atoms with E-state index in [0.717, 1.165) is 24.2 Å². The summed E-state index contributed by atoms with van der Waals surface area (Å²) in [4.78, 5) is 0. The zero-order chi connectivity index (χ0) is 12.6. The van der Waals surface area contributed by atoms with Crippen LogP contribution in [0.3, 0.4) is 0 Å². The van der Waals surface area contributed by atoms with Crippen molar-refractivity contribution in [3.63, 3.8) is 0 Å². The van der Waals surface area contributed by atoms with Crippen molar-refractivity contribution in [1.82, 2.24) is 0 Å². The van der Waals surface area contributed by atoms with E-state index >= 15 is 0 Å². The van der Waals surface area contributed by atoms with Crippen molar-refractivity contribution in [2.45, 2.75) is 52.2 Å². The lowest BCUT2D eigenvalue weighted by molar-refractivity contribution is 0.0340. The summed E-state index contributed by atoms with van der Waals surface area (Å²) >= 11 is 0. The summed E-state index contributed by atoms with van der Waals surface area (Å²) < 4.78 is 6.18. The molecule has 0 saturated heterocycles. The highest BCUT2D eigenvalue weighted by molar-refractivity contribution is 5.41. The first-order chi connectivity index (χ1) is 7.89. The highest BCUT2D eigenvalue weighted by Gasteiger charge is 2.36. The van der Waals surface area contributed by atoms with Crippen LogP contribution in [0.25, 0.3) is 0 Å². The molecule has 0 spiro atoms. The maximum Gasteiger partial charge on any atom is 0.124 e. The summed E-state index contributed by atoms with van der Waals surface area (Å²) in [6, 6.07) is 6.39. The molecule has 0 aromatic heterocycles. The minimum absolute atomic E-state index is 0.0994. The minimum atomic E-state index is -0.115. The number of ether oxygens (including phenoxy) is 1. The van der Waals surface area contributed by atoms with E-state index in [1.54, 1.807) is 0 Å². The van der Waals surface area contributed by atoms with Gasteiger partial charge in [0.05, 0.1) is 0 Å². The van der Waals surface area contributed by atoms with Crippen LogP contribution in [-0.4, -0.2) is 5.60 Å². The average molecular weight is 233 g/mol. The molecule has 1 aromatic carbocycles. The molecule has 0 aliphatic carbocycles. The van der Waals surface area contributed by atoms with E-state index in [4.69, 9.17) is 10.5 Å². The third-order valence-electron chi connectivity index (χ3n) is 3.41. The van der Waals surface area contributed by atoms with Crippen molar-refractivity contribution in [2.24, 2.45) is 11.7 Å². The largest absolute Gasteiger partial charge is 0.487 e. The highest BCUT2D eigenvalue weighted by atomic mass is 16.5. The predicted octanol–water partition coefficient (Wildman–Crippen LogP) is 3.58. The van der Waals surface area contributed by atoms with Crippen LogP contribution in [-0.2, 0) is 0 Å². The monoisotopic (exact) mass is 233 g/mol. The molecule has 2 nitrogen and oxygen atoms in total. The molecule has 17 heavy (non-hydrogen) atoms. The SMILES string of the molecule is Cc1ccc2c(c1)[C@@H](N)CC(C)(CC(C)C)O2. The van der Waals surface area contributed by atoms with Crippen molar-refractivity contribution in [3.05, 3.63) is 29.3 Å². The summed E-state index contributed by atoms with van der Waals surface area (Å²) in [5, 5.41) is 0. The van der Waals surface area contributed by atoms with Crippen LogP contribution in [0.2, 0.25) is 0 Å². The number of benzene rings is 1. The molecule has 2 N–H and O–H groups in total. The molecular formula is C15H23NO. The summed E-state index contributed by atoms with van der Waals surface area (Å²) in [5.74, 6) is 1.59. The Morgan fingerprint density at radius 1 is 1.47 bits per heavy atom. The van der Waals surface area contributed by atoms with E-state index in [9.17, 15) is 0 Å². The fourth-order valence-corrected chi connectivity index (χ4v) is 2.92. The first-order valence-corrected chi connectivity index (χ1v) is 6.45. The molecule has 1 unspecified atom stereocenters. The number of hydrogen-bond acceptors (Lipinski definition) is 2. The number of aryl methyl sites for hydroxylation is 1. The molecule has 0 saturated carbocycles. The van der Waals surface area contributed by atoms with Crippen molar-refractivity contribution < 1.29 is 4.74 Å². The second-order valence-electron chi connectivity index (χ2n) is 6.00. The number of fused-ring (bicyclic) bond motifs is 1. The lowest BCUT2D eigenvalue weighted by atomic mass is 9.83. The molecule has 94 valence electrons. The normalized spacial score (nSPS) is 27.8. The Hall–Kier alpha value is -1.02. The zero-order valence-corrected chi connectivity index (χ0v) is 11.3. The molecule has 0 bridgehead atoms. The number of nitrogens with two attached hydrogens (primary N) is 1. The third kappa shape index (κ3) is 2.63. The molecule has 0 radical (unpaired) electrons. The van der Waals surface area contributed by atoms with Gasteiger partial charge in [0.15, 0.2) is 0 Å². The zero-order valence-electron chi connectivity index (χ0n) is 11.3. The maximum absolute atomic E-state index is 6.29. The molecular weight excluding hydrogens is 210 g/mol. The highest BCUT2D eigenvalue weighted by Crippen LogP contribution is 2.41. The van der Waals surface area contributed by atoms with Crippen molar-refractivity contribution in [2.75, 3.05) is 0 Å². The summed E-state index contributed by atoms with van der Waals surface area (Å²) in [6.07, 6.45) is 1.95. The van der Waals surface area contributed by atoms with Crippen LogP contribution in [0.5, 0.6) is 5.75 Å². The van der Waals surface area contributed by atoms with Crippen LogP contribution in [0.4, 0.5) is 0 Å². The summed E-state index contributed by atoms with van der Waals surface area (Å²) in [6.45, 7) is 8.72. The second kappa shape index (κ2) is 4.34. The van der Waals surface area contributed by atoms with E-state index in [1.807, 2.05) is 0 Å². The Labute approximate surface area is 104 Å². The van der Waals surface area contributed by atoms with Gasteiger partial charge in [-0.25, -0.2) is 0 Å².